The average molecular weight is 238 g/mol. The molecule has 0 saturated carbocycles. The molecular weight excluding hydrogens is 225 g/mol. The van der Waals surface area contributed by atoms with Crippen molar-refractivity contribution >= 4 is 17.8 Å². The van der Waals surface area contributed by atoms with Crippen LogP contribution in [0.25, 0.3) is 0 Å². The quantitative estimate of drug-likeness (QED) is 0.583. The number of thioether (sulfide) groups is 1. The minimum Gasteiger partial charge on any atom is -0.329 e. The summed E-state index contributed by atoms with van der Waals surface area (Å²) in [4.78, 5) is 24.1. The Morgan fingerprint density at radius 3 is 2.67 bits per heavy atom. The van der Waals surface area contributed by atoms with E-state index < -0.39 is 0 Å². The molecule has 1 N–H and O–H groups in total. The molecule has 0 aliphatic rings. The van der Waals surface area contributed by atoms with Gasteiger partial charge in [0.25, 0.3) is 5.56 Å². The number of carbonyl (C=O) groups excluding carboxylic acids is 1. The number of nitrogens with zero attached hydrogens (tertiary/aromatic N) is 2. The standard InChI is InChI=1S/C8H13N3O2S.Na/c1-10(2)8(13)11-7(12)4-6(9-11)5-14-3;/h4,9H,5H2,1-3H3;/q;+1. The van der Waals surface area contributed by atoms with Gasteiger partial charge in [-0.2, -0.15) is 16.4 Å². The van der Waals surface area contributed by atoms with Gasteiger partial charge in [-0.05, 0) is 6.26 Å². The molecule has 1 heterocycles. The van der Waals surface area contributed by atoms with E-state index in [0.717, 1.165) is 10.4 Å². The molecule has 0 bridgehead atoms. The first-order valence-electron chi connectivity index (χ1n) is 4.07. The van der Waals surface area contributed by atoms with Crippen LogP contribution in [-0.4, -0.2) is 41.1 Å². The third-order valence-electron chi connectivity index (χ3n) is 1.65. The van der Waals surface area contributed by atoms with Crippen molar-refractivity contribution in [3.63, 3.8) is 0 Å². The van der Waals surface area contributed by atoms with Gasteiger partial charge >= 0.3 is 35.6 Å². The molecule has 0 fully saturated rings. The molecule has 0 unspecified atom stereocenters. The fraction of sp³-hybridized carbons (Fsp3) is 0.500. The van der Waals surface area contributed by atoms with Crippen molar-refractivity contribution in [3.05, 3.63) is 22.1 Å². The summed E-state index contributed by atoms with van der Waals surface area (Å²) in [5, 5.41) is 2.76. The molecule has 0 aliphatic carbocycles. The molecule has 0 saturated heterocycles. The average Bonchev–Trinajstić information content (AvgIpc) is 2.46. The Hall–Kier alpha value is -0.170. The number of carbonyl (C=O) groups is 1. The third-order valence-corrected chi connectivity index (χ3v) is 2.25. The first-order valence-corrected chi connectivity index (χ1v) is 5.47. The maximum absolute atomic E-state index is 11.4. The van der Waals surface area contributed by atoms with Gasteiger partial charge in [-0.25, -0.2) is 4.79 Å². The monoisotopic (exact) mass is 238 g/mol. The molecule has 7 heteroatoms. The van der Waals surface area contributed by atoms with Gasteiger partial charge in [0.1, 0.15) is 0 Å². The third kappa shape index (κ3) is 3.71. The second-order valence-electron chi connectivity index (χ2n) is 3.07. The van der Waals surface area contributed by atoms with Crippen LogP contribution in [0.15, 0.2) is 10.9 Å². The van der Waals surface area contributed by atoms with Crippen LogP contribution in [0.3, 0.4) is 0 Å². The van der Waals surface area contributed by atoms with E-state index in [1.807, 2.05) is 6.26 Å². The fourth-order valence-corrected chi connectivity index (χ4v) is 1.47. The van der Waals surface area contributed by atoms with E-state index in [9.17, 15) is 9.59 Å². The van der Waals surface area contributed by atoms with Crippen LogP contribution < -0.4 is 35.1 Å². The number of hydrogen-bond donors (Lipinski definition) is 1. The minimum atomic E-state index is -0.359. The Morgan fingerprint density at radius 2 is 2.20 bits per heavy atom. The number of nitrogens with one attached hydrogen (secondary N) is 1. The van der Waals surface area contributed by atoms with Gasteiger partial charge < -0.3 is 4.90 Å². The van der Waals surface area contributed by atoms with Crippen molar-refractivity contribution in [2.75, 3.05) is 20.4 Å². The van der Waals surface area contributed by atoms with Crippen molar-refractivity contribution in [2.45, 2.75) is 5.75 Å². The zero-order chi connectivity index (χ0) is 10.7. The minimum absolute atomic E-state index is 0. The number of amides is 1. The van der Waals surface area contributed by atoms with E-state index in [1.165, 1.54) is 11.0 Å². The zero-order valence-electron chi connectivity index (χ0n) is 9.40. The summed E-state index contributed by atoms with van der Waals surface area (Å²) in [6.45, 7) is 0. The number of H-pyrrole nitrogens is 1. The summed E-state index contributed by atoms with van der Waals surface area (Å²) in [5.74, 6) is 0.697. The van der Waals surface area contributed by atoms with E-state index in [-0.39, 0.29) is 41.1 Å². The van der Waals surface area contributed by atoms with Crippen LogP contribution in [-0.2, 0) is 5.75 Å². The second kappa shape index (κ2) is 6.42. The van der Waals surface area contributed by atoms with Gasteiger partial charge in [0.15, 0.2) is 0 Å². The van der Waals surface area contributed by atoms with Crippen molar-refractivity contribution in [2.24, 2.45) is 0 Å². The summed E-state index contributed by atoms with van der Waals surface area (Å²) in [5.41, 5.74) is 0.449. The Morgan fingerprint density at radius 1 is 1.60 bits per heavy atom. The van der Waals surface area contributed by atoms with E-state index in [4.69, 9.17) is 0 Å². The van der Waals surface area contributed by atoms with Crippen molar-refractivity contribution in [1.82, 2.24) is 14.7 Å². The largest absolute Gasteiger partial charge is 1.00 e. The van der Waals surface area contributed by atoms with Crippen LogP contribution in [0.2, 0.25) is 0 Å². The van der Waals surface area contributed by atoms with Gasteiger partial charge in [-0.15, -0.1) is 0 Å². The first kappa shape index (κ1) is 14.8. The molecule has 0 aliphatic heterocycles. The SMILES string of the molecule is CSCc1cc(=O)n(C(=O)N(C)C)[nH]1.[Na+]. The summed E-state index contributed by atoms with van der Waals surface area (Å²) >= 11 is 1.59. The predicted molar refractivity (Wildman–Crippen MR) is 56.8 cm³/mol. The van der Waals surface area contributed by atoms with E-state index >= 15 is 0 Å². The van der Waals surface area contributed by atoms with Gasteiger partial charge in [-0.1, -0.05) is 0 Å². The summed E-state index contributed by atoms with van der Waals surface area (Å²) in [6.07, 6.45) is 1.93. The van der Waals surface area contributed by atoms with Crippen LogP contribution in [0, 0.1) is 0 Å². The Bertz CT molecular complexity index is 385. The molecule has 5 nitrogen and oxygen atoms in total. The normalized spacial score (nSPS) is 9.53. The van der Waals surface area contributed by atoms with Crippen molar-refractivity contribution in [3.8, 4) is 0 Å². The number of hydrogen-bond acceptors (Lipinski definition) is 3. The van der Waals surface area contributed by atoms with Gasteiger partial charge in [-0.3, -0.25) is 9.89 Å². The van der Waals surface area contributed by atoms with Crippen LogP contribution >= 0.6 is 11.8 Å². The molecule has 0 atom stereocenters. The van der Waals surface area contributed by atoms with Gasteiger partial charge in [0.05, 0.1) is 0 Å². The van der Waals surface area contributed by atoms with E-state index in [1.54, 1.807) is 25.9 Å². The summed E-state index contributed by atoms with van der Waals surface area (Å²) in [6, 6.07) is 1.08. The predicted octanol–water partition coefficient (Wildman–Crippen LogP) is -2.43. The maximum Gasteiger partial charge on any atom is 1.00 e. The molecule has 0 aromatic carbocycles. The topological polar surface area (TPSA) is 58.1 Å². The van der Waals surface area contributed by atoms with E-state index in [2.05, 4.69) is 5.10 Å². The van der Waals surface area contributed by atoms with E-state index in [0.29, 0.717) is 5.75 Å². The number of aromatic amines is 1. The van der Waals surface area contributed by atoms with Crippen LogP contribution in [0.5, 0.6) is 0 Å². The molecular formula is C8H13N3NaO2S+. The number of aromatic nitrogens is 2. The smallest absolute Gasteiger partial charge is 0.329 e. The molecule has 0 radical (unpaired) electrons. The molecule has 15 heavy (non-hydrogen) atoms. The van der Waals surface area contributed by atoms with Gasteiger partial charge in [0, 0.05) is 31.6 Å². The van der Waals surface area contributed by atoms with Crippen molar-refractivity contribution in [1.29, 1.82) is 0 Å². The summed E-state index contributed by atoms with van der Waals surface area (Å²) < 4.78 is 1.01. The Kier molecular flexibility index (Phi) is 6.35. The molecule has 78 valence electrons. The van der Waals surface area contributed by atoms with Crippen molar-refractivity contribution < 1.29 is 34.4 Å². The fourth-order valence-electron chi connectivity index (χ4n) is 1.02. The maximum atomic E-state index is 11.4. The van der Waals surface area contributed by atoms with Gasteiger partial charge in [0.2, 0.25) is 0 Å². The Labute approximate surface area is 114 Å². The zero-order valence-corrected chi connectivity index (χ0v) is 12.2. The second-order valence-corrected chi connectivity index (χ2v) is 3.93. The van der Waals surface area contributed by atoms with Crippen LogP contribution in [0.1, 0.15) is 5.69 Å². The Balaban J connectivity index is 0.00000196. The van der Waals surface area contributed by atoms with Crippen LogP contribution in [0.4, 0.5) is 4.79 Å². The molecule has 1 aromatic rings. The molecule has 1 amide bonds. The molecule has 1 rings (SSSR count). The molecule has 0 spiro atoms. The first-order chi connectivity index (χ1) is 6.56. The summed E-state index contributed by atoms with van der Waals surface area (Å²) in [7, 11) is 3.20. The molecule has 1 aromatic heterocycles. The number of rotatable bonds is 2.